The second-order valence-corrected chi connectivity index (χ2v) is 3.92. The number of benzene rings is 2. The molecule has 0 saturated heterocycles. The maximum absolute atomic E-state index is 11.8. The first-order chi connectivity index (χ1) is 8.61. The van der Waals surface area contributed by atoms with E-state index in [0.29, 0.717) is 0 Å². The van der Waals surface area contributed by atoms with E-state index in [4.69, 9.17) is 9.79 Å². The van der Waals surface area contributed by atoms with Gasteiger partial charge >= 0.3 is 0 Å². The first kappa shape index (κ1) is 14.5. The average molecular weight is 261 g/mol. The molecule has 4 nitrogen and oxygen atoms in total. The number of carbonyl (C=O) groups is 1. The Morgan fingerprint density at radius 2 is 1.11 bits per heavy atom. The quantitative estimate of drug-likeness (QED) is 0.640. The summed E-state index contributed by atoms with van der Waals surface area (Å²) in [6, 6.07) is 18.6. The van der Waals surface area contributed by atoms with Gasteiger partial charge < -0.3 is 15.3 Å². The van der Waals surface area contributed by atoms with E-state index in [1.165, 1.54) is 0 Å². The molecule has 0 aliphatic carbocycles. The van der Waals surface area contributed by atoms with Gasteiger partial charge in [0.2, 0.25) is 0 Å². The van der Waals surface area contributed by atoms with Crippen molar-refractivity contribution < 1.29 is 14.6 Å². The zero-order valence-electron chi connectivity index (χ0n) is 9.52. The van der Waals surface area contributed by atoms with Crippen LogP contribution in [0.15, 0.2) is 60.7 Å². The Balaban J connectivity index is 0.000000357. The van der Waals surface area contributed by atoms with Gasteiger partial charge in [-0.25, -0.2) is 8.53 Å². The Bertz CT molecular complexity index is 430. The lowest BCUT2D eigenvalue weighted by Crippen LogP contribution is -2.14. The first-order valence-electron chi connectivity index (χ1n) is 5.15. The van der Waals surface area contributed by atoms with Gasteiger partial charge in [0, 0.05) is 11.1 Å². The molecule has 18 heavy (non-hydrogen) atoms. The van der Waals surface area contributed by atoms with Crippen LogP contribution >= 0.6 is 8.53 Å². The van der Waals surface area contributed by atoms with E-state index in [-0.39, 0.29) is 5.78 Å². The maximum atomic E-state index is 11.8. The van der Waals surface area contributed by atoms with E-state index in [0.717, 1.165) is 11.1 Å². The van der Waals surface area contributed by atoms with E-state index >= 15 is 0 Å². The standard InChI is InChI=1S/C13H10O.H2NO2P/c14-13(11-7-3-1-4-8-11)12-9-5-2-6-10-12;1-4(2)3/h1-10H;1H2/q;-2. The molecule has 2 rings (SSSR count). The largest absolute Gasteiger partial charge is 0.830 e. The second kappa shape index (κ2) is 7.69. The van der Waals surface area contributed by atoms with Crippen LogP contribution in [0.25, 0.3) is 0 Å². The third-order valence-corrected chi connectivity index (χ3v) is 2.07. The zero-order valence-corrected chi connectivity index (χ0v) is 10.4. The number of ketones is 1. The Hall–Kier alpha value is -1.58. The van der Waals surface area contributed by atoms with Crippen molar-refractivity contribution in [1.82, 2.24) is 0 Å². The molecular weight excluding hydrogens is 249 g/mol. The summed E-state index contributed by atoms with van der Waals surface area (Å²) < 4.78 is 0. The van der Waals surface area contributed by atoms with Crippen LogP contribution in [0.5, 0.6) is 0 Å². The molecule has 2 aromatic rings. The van der Waals surface area contributed by atoms with Crippen LogP contribution in [0.2, 0.25) is 0 Å². The van der Waals surface area contributed by atoms with Gasteiger partial charge in [0.05, 0.1) is 0 Å². The van der Waals surface area contributed by atoms with Crippen molar-refractivity contribution in [1.29, 1.82) is 0 Å². The molecule has 0 fully saturated rings. The number of carbonyl (C=O) groups excluding carboxylic acids is 1. The van der Waals surface area contributed by atoms with Crippen molar-refractivity contribution in [3.8, 4) is 0 Å². The zero-order chi connectivity index (χ0) is 13.4. The highest BCUT2D eigenvalue weighted by Crippen LogP contribution is 2.08. The van der Waals surface area contributed by atoms with Gasteiger partial charge in [-0.15, -0.1) is 0 Å². The van der Waals surface area contributed by atoms with Crippen molar-refractivity contribution in [2.24, 2.45) is 5.50 Å². The summed E-state index contributed by atoms with van der Waals surface area (Å²) >= 11 is 0. The second-order valence-electron chi connectivity index (χ2n) is 3.35. The summed E-state index contributed by atoms with van der Waals surface area (Å²) in [6.07, 6.45) is 0. The van der Waals surface area contributed by atoms with Crippen LogP contribution in [-0.4, -0.2) is 5.78 Å². The molecule has 0 aliphatic heterocycles. The van der Waals surface area contributed by atoms with Crippen molar-refractivity contribution in [2.45, 2.75) is 0 Å². The van der Waals surface area contributed by atoms with E-state index < -0.39 is 8.53 Å². The summed E-state index contributed by atoms with van der Waals surface area (Å²) in [5.74, 6) is 0.0752. The van der Waals surface area contributed by atoms with Crippen LogP contribution in [0.3, 0.4) is 0 Å². The predicted molar refractivity (Wildman–Crippen MR) is 67.4 cm³/mol. The molecule has 94 valence electrons. The minimum Gasteiger partial charge on any atom is -0.830 e. The Morgan fingerprint density at radius 3 is 1.39 bits per heavy atom. The fourth-order valence-corrected chi connectivity index (χ4v) is 1.35. The number of hydrogen-bond donors (Lipinski definition) is 1. The lowest BCUT2D eigenvalue weighted by Gasteiger charge is -2.22. The molecule has 5 heteroatoms. The van der Waals surface area contributed by atoms with Gasteiger partial charge in [0.1, 0.15) is 0 Å². The molecule has 0 aromatic heterocycles. The topological polar surface area (TPSA) is 89.2 Å². The molecule has 0 bridgehead atoms. The molecule has 0 amide bonds. The SMILES string of the molecule is NP([O-])[O-].O=C(c1ccccc1)c1ccccc1. The van der Waals surface area contributed by atoms with Crippen LogP contribution in [0.1, 0.15) is 15.9 Å². The number of hydrogen-bond acceptors (Lipinski definition) is 4. The van der Waals surface area contributed by atoms with Crippen LogP contribution in [0.4, 0.5) is 0 Å². The van der Waals surface area contributed by atoms with Crippen molar-refractivity contribution in [3.63, 3.8) is 0 Å². The van der Waals surface area contributed by atoms with Gasteiger partial charge in [-0.2, -0.15) is 0 Å². The fourth-order valence-electron chi connectivity index (χ4n) is 1.35. The molecule has 0 unspecified atom stereocenters. The van der Waals surface area contributed by atoms with Gasteiger partial charge in [0.25, 0.3) is 0 Å². The summed E-state index contributed by atoms with van der Waals surface area (Å²) in [5, 5.41) is 0. The van der Waals surface area contributed by atoms with E-state index in [9.17, 15) is 4.79 Å². The summed E-state index contributed by atoms with van der Waals surface area (Å²) in [4.78, 5) is 29.5. The monoisotopic (exact) mass is 261 g/mol. The smallest absolute Gasteiger partial charge is 0.193 e. The average Bonchev–Trinajstić information content (AvgIpc) is 2.39. The lowest BCUT2D eigenvalue weighted by atomic mass is 10.0. The third kappa shape index (κ3) is 5.17. The van der Waals surface area contributed by atoms with Gasteiger partial charge in [-0.3, -0.25) is 4.79 Å². The highest BCUT2D eigenvalue weighted by atomic mass is 31.2. The van der Waals surface area contributed by atoms with Crippen molar-refractivity contribution in [3.05, 3.63) is 71.8 Å². The first-order valence-corrected chi connectivity index (χ1v) is 6.40. The Labute approximate surface area is 107 Å². The minimum absolute atomic E-state index is 0.0752. The molecule has 0 saturated carbocycles. The predicted octanol–water partition coefficient (Wildman–Crippen LogP) is 0.810. The summed E-state index contributed by atoms with van der Waals surface area (Å²) in [6.45, 7) is 0. The maximum Gasteiger partial charge on any atom is 0.193 e. The van der Waals surface area contributed by atoms with Gasteiger partial charge in [0.15, 0.2) is 5.78 Å². The Kier molecular flexibility index (Phi) is 6.19. The van der Waals surface area contributed by atoms with E-state index in [2.05, 4.69) is 5.50 Å². The molecule has 2 aromatic carbocycles. The van der Waals surface area contributed by atoms with Crippen LogP contribution < -0.4 is 15.3 Å². The normalized spacial score (nSPS) is 9.56. The van der Waals surface area contributed by atoms with Crippen LogP contribution in [0, 0.1) is 0 Å². The molecule has 0 radical (unpaired) electrons. The molecule has 0 atom stereocenters. The number of rotatable bonds is 2. The number of nitrogens with two attached hydrogens (primary N) is 1. The molecule has 0 spiro atoms. The van der Waals surface area contributed by atoms with Crippen molar-refractivity contribution in [2.75, 3.05) is 0 Å². The summed E-state index contributed by atoms with van der Waals surface area (Å²) in [5.41, 5.74) is 5.53. The van der Waals surface area contributed by atoms with Gasteiger partial charge in [-0.05, 0) is 0 Å². The van der Waals surface area contributed by atoms with E-state index in [1.807, 2.05) is 60.7 Å². The molecular formula is C13H12NO3P-2. The molecule has 0 aliphatic rings. The van der Waals surface area contributed by atoms with Gasteiger partial charge in [-0.1, -0.05) is 60.7 Å². The minimum atomic E-state index is -2.62. The highest BCUT2D eigenvalue weighted by molar-refractivity contribution is 7.39. The molecule has 2 N–H and O–H groups in total. The van der Waals surface area contributed by atoms with E-state index in [1.54, 1.807) is 0 Å². The third-order valence-electron chi connectivity index (χ3n) is 2.07. The highest BCUT2D eigenvalue weighted by Gasteiger charge is 2.06. The molecule has 0 heterocycles. The summed E-state index contributed by atoms with van der Waals surface area (Å²) in [7, 11) is -2.62. The van der Waals surface area contributed by atoms with Crippen LogP contribution in [-0.2, 0) is 0 Å². The van der Waals surface area contributed by atoms with Crippen molar-refractivity contribution >= 4 is 14.3 Å². The Morgan fingerprint density at radius 1 is 0.833 bits per heavy atom. The lowest BCUT2D eigenvalue weighted by molar-refractivity contribution is -0.292. The fraction of sp³-hybridized carbons (Fsp3) is 0.